The van der Waals surface area contributed by atoms with Crippen molar-refractivity contribution in [3.05, 3.63) is 28.8 Å². The molecule has 5 nitrogen and oxygen atoms in total. The number of nitrogens with zero attached hydrogens (tertiary/aromatic N) is 2. The molecule has 0 saturated carbocycles. The smallest absolute Gasteiger partial charge is 0.232 e. The van der Waals surface area contributed by atoms with E-state index in [9.17, 15) is 13.2 Å². The van der Waals surface area contributed by atoms with Gasteiger partial charge in [-0.05, 0) is 44.7 Å². The summed E-state index contributed by atoms with van der Waals surface area (Å²) in [4.78, 5) is 14.4. The number of hydrogen-bond donors (Lipinski definition) is 0. The van der Waals surface area contributed by atoms with Crippen LogP contribution in [0.3, 0.4) is 0 Å². The van der Waals surface area contributed by atoms with E-state index in [2.05, 4.69) is 0 Å². The molecule has 2 rings (SSSR count). The van der Waals surface area contributed by atoms with Crippen LogP contribution in [0.25, 0.3) is 0 Å². The van der Waals surface area contributed by atoms with Crippen molar-refractivity contribution in [2.75, 3.05) is 30.2 Å². The lowest BCUT2D eigenvalue weighted by atomic mass is 10.1. The molecule has 0 spiro atoms. The van der Waals surface area contributed by atoms with Gasteiger partial charge in [-0.25, -0.2) is 8.42 Å². The third kappa shape index (κ3) is 5.21. The molecular formula is C19H30N2O3S. The van der Waals surface area contributed by atoms with E-state index in [0.717, 1.165) is 42.6 Å². The van der Waals surface area contributed by atoms with Crippen molar-refractivity contribution in [3.8, 4) is 0 Å². The third-order valence-corrected chi connectivity index (χ3v) is 5.94. The van der Waals surface area contributed by atoms with E-state index in [1.807, 2.05) is 37.8 Å². The van der Waals surface area contributed by atoms with Crippen molar-refractivity contribution in [3.63, 3.8) is 0 Å². The Hall–Kier alpha value is -1.56. The molecule has 1 fully saturated rings. The van der Waals surface area contributed by atoms with Crippen LogP contribution in [0.5, 0.6) is 0 Å². The van der Waals surface area contributed by atoms with Crippen LogP contribution in [0, 0.1) is 20.8 Å². The van der Waals surface area contributed by atoms with Gasteiger partial charge in [-0.3, -0.25) is 9.10 Å². The highest BCUT2D eigenvalue weighted by Crippen LogP contribution is 2.28. The zero-order valence-corrected chi connectivity index (χ0v) is 16.7. The fourth-order valence-electron chi connectivity index (χ4n) is 3.68. The molecule has 1 aromatic rings. The Kier molecular flexibility index (Phi) is 6.49. The highest BCUT2D eigenvalue weighted by molar-refractivity contribution is 7.92. The minimum atomic E-state index is -3.45. The summed E-state index contributed by atoms with van der Waals surface area (Å²) in [5.74, 6) is 0.0537. The van der Waals surface area contributed by atoms with Gasteiger partial charge in [0.25, 0.3) is 0 Å². The summed E-state index contributed by atoms with van der Waals surface area (Å²) in [6, 6.07) is 3.97. The lowest BCUT2D eigenvalue weighted by Crippen LogP contribution is -2.37. The summed E-state index contributed by atoms with van der Waals surface area (Å²) in [5, 5.41) is 0. The van der Waals surface area contributed by atoms with Crippen LogP contribution in [0.2, 0.25) is 0 Å². The van der Waals surface area contributed by atoms with Gasteiger partial charge in [-0.2, -0.15) is 0 Å². The first-order chi connectivity index (χ1) is 11.7. The molecule has 6 heteroatoms. The number of benzene rings is 1. The van der Waals surface area contributed by atoms with Gasteiger partial charge in [0.2, 0.25) is 15.9 Å². The largest absolute Gasteiger partial charge is 0.343 e. The van der Waals surface area contributed by atoms with Gasteiger partial charge in [0.15, 0.2) is 0 Å². The van der Waals surface area contributed by atoms with Crippen LogP contribution >= 0.6 is 0 Å². The van der Waals surface area contributed by atoms with Gasteiger partial charge in [0.1, 0.15) is 0 Å². The molecule has 0 unspecified atom stereocenters. The fourth-order valence-corrected chi connectivity index (χ4v) is 4.73. The van der Waals surface area contributed by atoms with Crippen molar-refractivity contribution in [2.45, 2.75) is 52.9 Å². The minimum absolute atomic E-state index is 0.0537. The standard InChI is InChI=1S/C19H30N2O3S/c1-15-13-16(2)19(17(3)14-15)21(25(4,23)24)12-9-18(22)20-10-7-5-6-8-11-20/h13-14H,5-12H2,1-4H3. The number of likely N-dealkylation sites (tertiary alicyclic amines) is 1. The van der Waals surface area contributed by atoms with Crippen LogP contribution in [0.15, 0.2) is 12.1 Å². The molecule has 1 aromatic carbocycles. The molecule has 0 atom stereocenters. The molecular weight excluding hydrogens is 336 g/mol. The number of anilines is 1. The van der Waals surface area contributed by atoms with Gasteiger partial charge >= 0.3 is 0 Å². The molecule has 0 aliphatic carbocycles. The summed E-state index contributed by atoms with van der Waals surface area (Å²) < 4.78 is 26.1. The van der Waals surface area contributed by atoms with Gasteiger partial charge in [0.05, 0.1) is 11.9 Å². The Balaban J connectivity index is 2.18. The summed E-state index contributed by atoms with van der Waals surface area (Å²) in [5.41, 5.74) is 3.65. The van der Waals surface area contributed by atoms with Crippen LogP contribution in [-0.4, -0.2) is 45.1 Å². The molecule has 1 aliphatic heterocycles. The monoisotopic (exact) mass is 366 g/mol. The van der Waals surface area contributed by atoms with Crippen molar-refractivity contribution >= 4 is 21.6 Å². The van der Waals surface area contributed by atoms with Gasteiger partial charge in [-0.1, -0.05) is 30.5 Å². The first kappa shape index (κ1) is 19.8. The van der Waals surface area contributed by atoms with Crippen molar-refractivity contribution in [1.82, 2.24) is 4.90 Å². The Morgan fingerprint density at radius 3 is 2.04 bits per heavy atom. The topological polar surface area (TPSA) is 57.7 Å². The maximum absolute atomic E-state index is 12.5. The van der Waals surface area contributed by atoms with E-state index >= 15 is 0 Å². The molecule has 0 aromatic heterocycles. The van der Waals surface area contributed by atoms with Crippen molar-refractivity contribution < 1.29 is 13.2 Å². The van der Waals surface area contributed by atoms with Gasteiger partial charge < -0.3 is 4.90 Å². The highest BCUT2D eigenvalue weighted by atomic mass is 32.2. The molecule has 0 radical (unpaired) electrons. The average Bonchev–Trinajstić information content (AvgIpc) is 2.77. The molecule has 0 bridgehead atoms. The quantitative estimate of drug-likeness (QED) is 0.804. The molecule has 1 amide bonds. The van der Waals surface area contributed by atoms with Crippen LogP contribution in [0.1, 0.15) is 48.8 Å². The van der Waals surface area contributed by atoms with Crippen LogP contribution in [-0.2, 0) is 14.8 Å². The van der Waals surface area contributed by atoms with Crippen LogP contribution in [0.4, 0.5) is 5.69 Å². The summed E-state index contributed by atoms with van der Waals surface area (Å²) in [7, 11) is -3.45. The maximum atomic E-state index is 12.5. The van der Waals surface area contributed by atoms with E-state index in [1.54, 1.807) is 0 Å². The zero-order valence-electron chi connectivity index (χ0n) is 15.8. The number of rotatable bonds is 5. The number of carbonyl (C=O) groups excluding carboxylic acids is 1. The first-order valence-electron chi connectivity index (χ1n) is 9.03. The van der Waals surface area contributed by atoms with E-state index < -0.39 is 10.0 Å². The van der Waals surface area contributed by atoms with E-state index in [0.29, 0.717) is 5.69 Å². The second-order valence-electron chi connectivity index (χ2n) is 7.13. The maximum Gasteiger partial charge on any atom is 0.232 e. The Labute approximate surface area is 152 Å². The van der Waals surface area contributed by atoms with E-state index in [-0.39, 0.29) is 18.9 Å². The second-order valence-corrected chi connectivity index (χ2v) is 9.03. The van der Waals surface area contributed by atoms with Gasteiger partial charge in [-0.15, -0.1) is 0 Å². The Bertz CT molecular complexity index is 697. The zero-order chi connectivity index (χ0) is 18.6. The predicted octanol–water partition coefficient (Wildman–Crippen LogP) is 3.17. The highest BCUT2D eigenvalue weighted by Gasteiger charge is 2.24. The summed E-state index contributed by atoms with van der Waals surface area (Å²) in [6.07, 6.45) is 5.85. The molecule has 1 aliphatic rings. The third-order valence-electron chi connectivity index (χ3n) is 4.77. The second kappa shape index (κ2) is 8.21. The Morgan fingerprint density at radius 1 is 1.04 bits per heavy atom. The van der Waals surface area contributed by atoms with Crippen molar-refractivity contribution in [2.24, 2.45) is 0 Å². The fraction of sp³-hybridized carbons (Fsp3) is 0.632. The van der Waals surface area contributed by atoms with Crippen LogP contribution < -0.4 is 4.31 Å². The molecule has 1 heterocycles. The van der Waals surface area contributed by atoms with E-state index in [4.69, 9.17) is 0 Å². The minimum Gasteiger partial charge on any atom is -0.343 e. The number of sulfonamides is 1. The number of aryl methyl sites for hydroxylation is 3. The predicted molar refractivity (Wildman–Crippen MR) is 103 cm³/mol. The lowest BCUT2D eigenvalue weighted by molar-refractivity contribution is -0.130. The van der Waals surface area contributed by atoms with Crippen molar-refractivity contribution in [1.29, 1.82) is 0 Å². The number of amides is 1. The lowest BCUT2D eigenvalue weighted by Gasteiger charge is -2.27. The SMILES string of the molecule is Cc1cc(C)c(N(CCC(=O)N2CCCCCC2)S(C)(=O)=O)c(C)c1. The Morgan fingerprint density at radius 2 is 1.56 bits per heavy atom. The number of carbonyl (C=O) groups is 1. The molecule has 0 N–H and O–H groups in total. The van der Waals surface area contributed by atoms with E-state index in [1.165, 1.54) is 23.4 Å². The first-order valence-corrected chi connectivity index (χ1v) is 10.9. The molecule has 1 saturated heterocycles. The molecule has 25 heavy (non-hydrogen) atoms. The summed E-state index contributed by atoms with van der Waals surface area (Å²) >= 11 is 0. The number of hydrogen-bond acceptors (Lipinski definition) is 3. The normalized spacial score (nSPS) is 15.8. The average molecular weight is 367 g/mol. The summed E-state index contributed by atoms with van der Waals surface area (Å²) in [6.45, 7) is 7.62. The molecule has 140 valence electrons. The van der Waals surface area contributed by atoms with Gasteiger partial charge in [0, 0.05) is 26.1 Å².